The molecule has 1 aromatic carbocycles. The lowest BCUT2D eigenvalue weighted by Crippen LogP contribution is -2.43. The van der Waals surface area contributed by atoms with E-state index in [9.17, 15) is 22.8 Å². The molecule has 9 heteroatoms. The van der Waals surface area contributed by atoms with Gasteiger partial charge in [-0.2, -0.15) is 0 Å². The number of aromatic nitrogens is 2. The zero-order chi connectivity index (χ0) is 19.9. The van der Waals surface area contributed by atoms with Crippen LogP contribution in [0.2, 0.25) is 0 Å². The van der Waals surface area contributed by atoms with E-state index in [1.54, 1.807) is 0 Å². The zero-order valence-corrected chi connectivity index (χ0v) is 15.2. The van der Waals surface area contributed by atoms with Gasteiger partial charge in [0.05, 0.1) is 30.0 Å². The number of halogens is 3. The van der Waals surface area contributed by atoms with Crippen LogP contribution in [0.15, 0.2) is 18.5 Å². The number of hydrogen-bond acceptors (Lipinski definition) is 3. The van der Waals surface area contributed by atoms with E-state index in [2.05, 4.69) is 15.3 Å². The molecule has 2 N–H and O–H groups in total. The third kappa shape index (κ3) is 3.98. The minimum Gasteiger partial charge on any atom is -0.350 e. The van der Waals surface area contributed by atoms with E-state index in [1.807, 2.05) is 0 Å². The number of amides is 2. The van der Waals surface area contributed by atoms with Gasteiger partial charge in [-0.05, 0) is 24.5 Å². The van der Waals surface area contributed by atoms with E-state index in [1.165, 1.54) is 17.3 Å². The molecule has 150 valence electrons. The zero-order valence-electron chi connectivity index (χ0n) is 15.2. The van der Waals surface area contributed by atoms with Crippen molar-refractivity contribution < 1.29 is 22.8 Å². The van der Waals surface area contributed by atoms with E-state index >= 15 is 0 Å². The number of rotatable bonds is 6. The monoisotopic (exact) mass is 394 g/mol. The number of likely N-dealkylation sites (tertiary alicyclic amines) is 1. The van der Waals surface area contributed by atoms with Crippen molar-refractivity contribution in [3.05, 3.63) is 29.8 Å². The highest BCUT2D eigenvalue weighted by atomic mass is 19.3. The molecule has 1 aromatic heterocycles. The maximum atomic E-state index is 13.9. The standard InChI is InChI=1S/C19H21F3N4O2/c20-12-5-14(17-15(6-12)24-10-25-17)18(28)23-8-13-7-19(21,22)9-26(13)16(27)4-3-11-1-2-11/h5-6,10-11,13H,1-4,7-9H2,(H,23,28)(H,24,25)/t13-/m0/s1. The summed E-state index contributed by atoms with van der Waals surface area (Å²) in [5.41, 5.74) is 0.690. The van der Waals surface area contributed by atoms with Gasteiger partial charge in [-0.1, -0.05) is 12.8 Å². The minimum absolute atomic E-state index is 0.0209. The highest BCUT2D eigenvalue weighted by Crippen LogP contribution is 2.36. The van der Waals surface area contributed by atoms with E-state index in [0.717, 1.165) is 25.3 Å². The molecule has 28 heavy (non-hydrogen) atoms. The van der Waals surface area contributed by atoms with E-state index < -0.39 is 36.7 Å². The predicted octanol–water partition coefficient (Wildman–Crippen LogP) is 2.86. The molecule has 1 saturated carbocycles. The number of alkyl halides is 2. The summed E-state index contributed by atoms with van der Waals surface area (Å²) in [4.78, 5) is 32.8. The normalized spacial score (nSPS) is 21.2. The molecule has 1 saturated heterocycles. The molecule has 1 aliphatic carbocycles. The number of carbonyl (C=O) groups is 2. The fraction of sp³-hybridized carbons (Fsp3) is 0.526. The van der Waals surface area contributed by atoms with E-state index in [-0.39, 0.29) is 24.4 Å². The Kier molecular flexibility index (Phi) is 4.76. The SMILES string of the molecule is O=C(NC[C@@H]1CC(F)(F)CN1C(=O)CCC1CC1)c1cc(F)cc2[nH]cnc12. The second kappa shape index (κ2) is 7.10. The molecule has 2 aliphatic rings. The van der Waals surface area contributed by atoms with Crippen LogP contribution in [-0.2, 0) is 4.79 Å². The lowest BCUT2D eigenvalue weighted by Gasteiger charge is -2.24. The van der Waals surface area contributed by atoms with Crippen molar-refractivity contribution in [3.63, 3.8) is 0 Å². The van der Waals surface area contributed by atoms with Crippen LogP contribution < -0.4 is 5.32 Å². The third-order valence-electron chi connectivity index (χ3n) is 5.39. The Bertz CT molecular complexity index is 910. The molecule has 0 spiro atoms. The number of fused-ring (bicyclic) bond motifs is 1. The second-order valence-corrected chi connectivity index (χ2v) is 7.68. The number of H-pyrrole nitrogens is 1. The van der Waals surface area contributed by atoms with Crippen LogP contribution in [0.1, 0.15) is 42.5 Å². The van der Waals surface area contributed by atoms with Gasteiger partial charge in [0.25, 0.3) is 11.8 Å². The molecule has 0 radical (unpaired) electrons. The predicted molar refractivity (Wildman–Crippen MR) is 95.4 cm³/mol. The maximum absolute atomic E-state index is 13.9. The van der Waals surface area contributed by atoms with E-state index in [0.29, 0.717) is 17.0 Å². The van der Waals surface area contributed by atoms with Crippen molar-refractivity contribution in [3.8, 4) is 0 Å². The number of nitrogens with one attached hydrogen (secondary N) is 2. The van der Waals surface area contributed by atoms with Crippen molar-refractivity contribution in [1.29, 1.82) is 0 Å². The minimum atomic E-state index is -2.97. The summed E-state index contributed by atoms with van der Waals surface area (Å²) < 4.78 is 41.5. The van der Waals surface area contributed by atoms with Crippen molar-refractivity contribution in [1.82, 2.24) is 20.2 Å². The van der Waals surface area contributed by atoms with Crippen molar-refractivity contribution >= 4 is 22.8 Å². The van der Waals surface area contributed by atoms with Gasteiger partial charge in [0, 0.05) is 19.4 Å². The second-order valence-electron chi connectivity index (χ2n) is 7.68. The molecule has 2 fully saturated rings. The fourth-order valence-electron chi connectivity index (χ4n) is 3.74. The first-order valence-electron chi connectivity index (χ1n) is 9.40. The lowest BCUT2D eigenvalue weighted by molar-refractivity contribution is -0.133. The van der Waals surface area contributed by atoms with Gasteiger partial charge in [-0.15, -0.1) is 0 Å². The summed E-state index contributed by atoms with van der Waals surface area (Å²) in [5, 5.41) is 2.56. The van der Waals surface area contributed by atoms with Crippen LogP contribution in [0.4, 0.5) is 13.2 Å². The van der Waals surface area contributed by atoms with Gasteiger partial charge in [0.1, 0.15) is 11.3 Å². The number of hydrogen-bond donors (Lipinski definition) is 2. The Labute approximate surface area is 159 Å². The molecule has 1 atom stereocenters. The summed E-state index contributed by atoms with van der Waals surface area (Å²) in [7, 11) is 0. The summed E-state index contributed by atoms with van der Waals surface area (Å²) >= 11 is 0. The first-order valence-corrected chi connectivity index (χ1v) is 9.40. The van der Waals surface area contributed by atoms with Gasteiger partial charge in [-0.3, -0.25) is 9.59 Å². The highest BCUT2D eigenvalue weighted by Gasteiger charge is 2.46. The molecule has 2 amide bonds. The Morgan fingerprint density at radius 2 is 2.11 bits per heavy atom. The maximum Gasteiger partial charge on any atom is 0.267 e. The van der Waals surface area contributed by atoms with E-state index in [4.69, 9.17) is 0 Å². The highest BCUT2D eigenvalue weighted by molar-refractivity contribution is 6.04. The number of benzene rings is 1. The molecule has 0 bridgehead atoms. The fourth-order valence-corrected chi connectivity index (χ4v) is 3.74. The molecular weight excluding hydrogens is 373 g/mol. The molecule has 6 nitrogen and oxygen atoms in total. The summed E-state index contributed by atoms with van der Waals surface area (Å²) in [6, 6.07) is 1.49. The van der Waals surface area contributed by atoms with Crippen LogP contribution in [-0.4, -0.2) is 51.7 Å². The van der Waals surface area contributed by atoms with Gasteiger partial charge in [-0.25, -0.2) is 18.2 Å². The van der Waals surface area contributed by atoms with Crippen molar-refractivity contribution in [2.75, 3.05) is 13.1 Å². The molecule has 4 rings (SSSR count). The molecule has 2 aromatic rings. The van der Waals surface area contributed by atoms with Crippen LogP contribution in [0.3, 0.4) is 0 Å². The van der Waals surface area contributed by atoms with Gasteiger partial charge in [0.2, 0.25) is 5.91 Å². The quantitative estimate of drug-likeness (QED) is 0.791. The molecule has 1 aliphatic heterocycles. The summed E-state index contributed by atoms with van der Waals surface area (Å²) in [6.07, 6.45) is 4.02. The lowest BCUT2D eigenvalue weighted by atomic mass is 10.1. The Hall–Kier alpha value is -2.58. The Morgan fingerprint density at radius 3 is 2.86 bits per heavy atom. The van der Waals surface area contributed by atoms with Gasteiger partial charge >= 0.3 is 0 Å². The van der Waals surface area contributed by atoms with Gasteiger partial charge in [0.15, 0.2) is 0 Å². The third-order valence-corrected chi connectivity index (χ3v) is 5.39. The number of nitrogens with zero attached hydrogens (tertiary/aromatic N) is 2. The van der Waals surface area contributed by atoms with Crippen LogP contribution in [0, 0.1) is 11.7 Å². The molecular formula is C19H21F3N4O2. The number of carbonyl (C=O) groups excluding carboxylic acids is 2. The number of aromatic amines is 1. The first-order chi connectivity index (χ1) is 13.3. The smallest absolute Gasteiger partial charge is 0.267 e. The Morgan fingerprint density at radius 1 is 1.32 bits per heavy atom. The van der Waals surface area contributed by atoms with Crippen LogP contribution in [0.25, 0.3) is 11.0 Å². The summed E-state index contributed by atoms with van der Waals surface area (Å²) in [5.74, 6) is -3.96. The Balaban J connectivity index is 1.43. The molecule has 2 heterocycles. The number of imidazole rings is 1. The van der Waals surface area contributed by atoms with Crippen LogP contribution >= 0.6 is 0 Å². The van der Waals surface area contributed by atoms with Gasteiger partial charge < -0.3 is 15.2 Å². The topological polar surface area (TPSA) is 78.1 Å². The van der Waals surface area contributed by atoms with Crippen molar-refractivity contribution in [2.45, 2.75) is 44.1 Å². The van der Waals surface area contributed by atoms with Crippen LogP contribution in [0.5, 0.6) is 0 Å². The summed E-state index contributed by atoms with van der Waals surface area (Å²) in [6.45, 7) is -0.743. The molecule has 0 unspecified atom stereocenters. The average molecular weight is 394 g/mol. The first kappa shape index (κ1) is 18.8. The largest absolute Gasteiger partial charge is 0.350 e. The van der Waals surface area contributed by atoms with Crippen molar-refractivity contribution in [2.24, 2.45) is 5.92 Å². The average Bonchev–Trinajstić information content (AvgIpc) is 3.26.